The molecule has 2 aromatic rings. The van der Waals surface area contributed by atoms with Crippen LogP contribution in [0.4, 0.5) is 0 Å². The number of thioether (sulfide) groups is 1. The molecule has 0 N–H and O–H groups in total. The van der Waals surface area contributed by atoms with Gasteiger partial charge in [-0.25, -0.2) is 0 Å². The highest BCUT2D eigenvalue weighted by atomic mass is 35.5. The van der Waals surface area contributed by atoms with Crippen LogP contribution >= 0.6 is 35.0 Å². The number of hydrogen-bond acceptors (Lipinski definition) is 3. The molecule has 0 aromatic heterocycles. The predicted molar refractivity (Wildman–Crippen MR) is 96.1 cm³/mol. The van der Waals surface area contributed by atoms with Gasteiger partial charge in [-0.3, -0.25) is 0 Å². The van der Waals surface area contributed by atoms with Gasteiger partial charge in [-0.05, 0) is 55.8 Å². The summed E-state index contributed by atoms with van der Waals surface area (Å²) in [7, 11) is 0. The number of benzene rings is 2. The first-order chi connectivity index (χ1) is 10.4. The molecule has 0 bridgehead atoms. The Bertz CT molecular complexity index is 624. The van der Waals surface area contributed by atoms with Crippen LogP contribution < -0.4 is 0 Å². The summed E-state index contributed by atoms with van der Waals surface area (Å²) in [4.78, 5) is 6.48. The largest absolute Gasteiger partial charge is 0.391 e. The monoisotopic (exact) mass is 353 g/mol. The number of nitrogens with zero attached hydrogens (tertiary/aromatic N) is 1. The normalized spacial score (nSPS) is 11.8. The zero-order chi connectivity index (χ0) is 16.0. The first-order valence-electron chi connectivity index (χ1n) is 6.80. The molecule has 0 aliphatic heterocycles. The number of rotatable bonds is 6. The lowest BCUT2D eigenvalue weighted by Crippen LogP contribution is -2.16. The Labute approximate surface area is 145 Å². The van der Waals surface area contributed by atoms with Crippen molar-refractivity contribution in [1.82, 2.24) is 0 Å². The molecule has 0 spiro atoms. The molecule has 0 atom stereocenters. The summed E-state index contributed by atoms with van der Waals surface area (Å²) < 4.78 is -0.173. The van der Waals surface area contributed by atoms with Crippen molar-refractivity contribution >= 4 is 41.2 Å². The van der Waals surface area contributed by atoms with Crippen LogP contribution in [0, 0.1) is 0 Å². The zero-order valence-corrected chi connectivity index (χ0v) is 14.8. The summed E-state index contributed by atoms with van der Waals surface area (Å²) in [6, 6.07) is 15.3. The Balaban J connectivity index is 1.85. The van der Waals surface area contributed by atoms with E-state index >= 15 is 0 Å². The number of oxime groups is 1. The van der Waals surface area contributed by atoms with Gasteiger partial charge in [0.25, 0.3) is 0 Å². The highest BCUT2D eigenvalue weighted by molar-refractivity contribution is 8.01. The Morgan fingerprint density at radius 2 is 1.55 bits per heavy atom. The molecule has 0 fully saturated rings. The van der Waals surface area contributed by atoms with Gasteiger partial charge in [-0.15, -0.1) is 11.8 Å². The van der Waals surface area contributed by atoms with E-state index < -0.39 is 0 Å². The van der Waals surface area contributed by atoms with Gasteiger partial charge < -0.3 is 4.84 Å². The van der Waals surface area contributed by atoms with Crippen molar-refractivity contribution in [1.29, 1.82) is 0 Å². The SMILES string of the molecule is CC(C)(/C=N\OCc1ccc(Cl)cc1)Sc1ccc(Cl)cc1. The number of halogens is 2. The summed E-state index contributed by atoms with van der Waals surface area (Å²) in [5, 5.41) is 5.52. The second-order valence-electron chi connectivity index (χ2n) is 5.29. The van der Waals surface area contributed by atoms with Gasteiger partial charge in [-0.1, -0.05) is 40.5 Å². The minimum atomic E-state index is -0.173. The van der Waals surface area contributed by atoms with Crippen LogP contribution in [0.15, 0.2) is 58.6 Å². The van der Waals surface area contributed by atoms with Crippen molar-refractivity contribution in [2.24, 2.45) is 5.16 Å². The smallest absolute Gasteiger partial charge is 0.142 e. The van der Waals surface area contributed by atoms with E-state index in [0.717, 1.165) is 15.5 Å². The maximum Gasteiger partial charge on any atom is 0.142 e. The topological polar surface area (TPSA) is 21.6 Å². The van der Waals surface area contributed by atoms with E-state index in [4.69, 9.17) is 28.0 Å². The third-order valence-electron chi connectivity index (χ3n) is 2.78. The van der Waals surface area contributed by atoms with Crippen molar-refractivity contribution in [2.45, 2.75) is 30.1 Å². The summed E-state index contributed by atoms with van der Waals surface area (Å²) in [5.41, 5.74) is 1.03. The van der Waals surface area contributed by atoms with Gasteiger partial charge in [0.2, 0.25) is 0 Å². The maximum absolute atomic E-state index is 5.89. The van der Waals surface area contributed by atoms with Crippen molar-refractivity contribution in [2.75, 3.05) is 0 Å². The molecule has 0 saturated heterocycles. The first-order valence-corrected chi connectivity index (χ1v) is 8.37. The summed E-state index contributed by atoms with van der Waals surface area (Å²) in [6.45, 7) is 4.60. The zero-order valence-electron chi connectivity index (χ0n) is 12.4. The molecule has 0 aliphatic rings. The molecule has 0 radical (unpaired) electrons. The van der Waals surface area contributed by atoms with Crippen LogP contribution in [-0.4, -0.2) is 11.0 Å². The van der Waals surface area contributed by atoms with Gasteiger partial charge in [0, 0.05) is 14.9 Å². The highest BCUT2D eigenvalue weighted by Gasteiger charge is 2.17. The molecular weight excluding hydrogens is 337 g/mol. The summed E-state index contributed by atoms with van der Waals surface area (Å²) in [5.74, 6) is 0. The summed E-state index contributed by atoms with van der Waals surface area (Å²) >= 11 is 13.4. The fraction of sp³-hybridized carbons (Fsp3) is 0.235. The molecule has 2 aromatic carbocycles. The Morgan fingerprint density at radius 3 is 2.14 bits per heavy atom. The van der Waals surface area contributed by atoms with Gasteiger partial charge in [0.1, 0.15) is 6.61 Å². The van der Waals surface area contributed by atoms with Crippen molar-refractivity contribution in [3.8, 4) is 0 Å². The molecule has 22 heavy (non-hydrogen) atoms. The second-order valence-corrected chi connectivity index (χ2v) is 7.89. The predicted octanol–water partition coefficient (Wildman–Crippen LogP) is 6.07. The number of hydrogen-bond donors (Lipinski definition) is 0. The van der Waals surface area contributed by atoms with Gasteiger partial charge in [0.15, 0.2) is 0 Å². The summed E-state index contributed by atoms with van der Waals surface area (Å²) in [6.07, 6.45) is 1.81. The van der Waals surface area contributed by atoms with Crippen molar-refractivity contribution in [3.05, 3.63) is 64.1 Å². The van der Waals surface area contributed by atoms with E-state index in [2.05, 4.69) is 19.0 Å². The van der Waals surface area contributed by atoms with Crippen LogP contribution in [-0.2, 0) is 11.4 Å². The molecular formula is C17H17Cl2NOS. The lowest BCUT2D eigenvalue weighted by atomic mass is 10.2. The van der Waals surface area contributed by atoms with Gasteiger partial charge in [0.05, 0.1) is 11.0 Å². The van der Waals surface area contributed by atoms with Crippen molar-refractivity contribution < 1.29 is 4.84 Å². The third kappa shape index (κ3) is 5.91. The maximum atomic E-state index is 5.89. The quantitative estimate of drug-likeness (QED) is 0.357. The van der Waals surface area contributed by atoms with Crippen LogP contribution in [0.3, 0.4) is 0 Å². The molecule has 2 nitrogen and oxygen atoms in total. The lowest BCUT2D eigenvalue weighted by Gasteiger charge is -2.18. The Hall–Kier alpha value is -1.16. The minimum Gasteiger partial charge on any atom is -0.391 e. The fourth-order valence-electron chi connectivity index (χ4n) is 1.69. The molecule has 116 valence electrons. The molecule has 0 unspecified atom stereocenters. The molecule has 2 rings (SSSR count). The molecule has 0 amide bonds. The van der Waals surface area contributed by atoms with E-state index in [1.165, 1.54) is 0 Å². The average Bonchev–Trinajstić information content (AvgIpc) is 2.48. The Kier molecular flexibility index (Phi) is 6.18. The van der Waals surface area contributed by atoms with Crippen LogP contribution in [0.2, 0.25) is 10.0 Å². The van der Waals surface area contributed by atoms with Gasteiger partial charge in [-0.2, -0.15) is 0 Å². The second kappa shape index (κ2) is 7.91. The standard InChI is InChI=1S/C17H17Cl2NOS/c1-17(2,22-16-9-7-15(19)8-10-16)12-20-21-11-13-3-5-14(18)6-4-13/h3-10,12H,11H2,1-2H3/b20-12-. The third-order valence-corrected chi connectivity index (χ3v) is 4.42. The van der Waals surface area contributed by atoms with E-state index in [1.54, 1.807) is 11.8 Å². The molecule has 0 heterocycles. The van der Waals surface area contributed by atoms with Crippen molar-refractivity contribution in [3.63, 3.8) is 0 Å². The Morgan fingerprint density at radius 1 is 1.00 bits per heavy atom. The lowest BCUT2D eigenvalue weighted by molar-refractivity contribution is 0.131. The molecule has 0 aliphatic carbocycles. The minimum absolute atomic E-state index is 0.173. The average molecular weight is 354 g/mol. The first kappa shape index (κ1) is 17.2. The van der Waals surface area contributed by atoms with E-state index in [-0.39, 0.29) is 4.75 Å². The fourth-order valence-corrected chi connectivity index (χ4v) is 2.92. The van der Waals surface area contributed by atoms with E-state index in [0.29, 0.717) is 11.6 Å². The van der Waals surface area contributed by atoms with Gasteiger partial charge >= 0.3 is 0 Å². The van der Waals surface area contributed by atoms with Crippen LogP contribution in [0.25, 0.3) is 0 Å². The van der Waals surface area contributed by atoms with Crippen LogP contribution in [0.5, 0.6) is 0 Å². The molecule has 5 heteroatoms. The van der Waals surface area contributed by atoms with E-state index in [1.807, 2.05) is 54.7 Å². The highest BCUT2D eigenvalue weighted by Crippen LogP contribution is 2.31. The van der Waals surface area contributed by atoms with E-state index in [9.17, 15) is 0 Å². The molecule has 0 saturated carbocycles. The van der Waals surface area contributed by atoms with Crippen LogP contribution in [0.1, 0.15) is 19.4 Å².